The lowest BCUT2D eigenvalue weighted by atomic mass is 10.3. The highest BCUT2D eigenvalue weighted by Gasteiger charge is 2.10. The molecule has 0 aliphatic heterocycles. The first-order valence-corrected chi connectivity index (χ1v) is 7.28. The minimum Gasteiger partial charge on any atom is -0.482 e. The van der Waals surface area contributed by atoms with Crippen molar-refractivity contribution >= 4 is 17.0 Å². The lowest BCUT2D eigenvalue weighted by Crippen LogP contribution is -1.99. The fraction of sp³-hybridized carbons (Fsp3) is 0.214. The Hall–Kier alpha value is -2.41. The summed E-state index contributed by atoms with van der Waals surface area (Å²) in [5.41, 5.74) is 7.38. The quantitative estimate of drug-likeness (QED) is 0.729. The Labute approximate surface area is 125 Å². The van der Waals surface area contributed by atoms with Crippen LogP contribution in [0.4, 0.5) is 5.69 Å². The maximum absolute atomic E-state index is 5.80. The molecular weight excluding hydrogens is 288 g/mol. The second-order valence-corrected chi connectivity index (χ2v) is 5.43. The molecule has 0 amide bonds. The van der Waals surface area contributed by atoms with E-state index < -0.39 is 0 Å². The van der Waals surface area contributed by atoms with Gasteiger partial charge in [-0.3, -0.25) is 0 Å². The Morgan fingerprint density at radius 2 is 2.14 bits per heavy atom. The van der Waals surface area contributed by atoms with Crippen molar-refractivity contribution in [2.75, 3.05) is 5.73 Å². The molecule has 0 aliphatic rings. The summed E-state index contributed by atoms with van der Waals surface area (Å²) in [5.74, 6) is 1.62. The topological polar surface area (TPSA) is 87.1 Å². The Balaban J connectivity index is 1.61. The van der Waals surface area contributed by atoms with E-state index in [0.717, 1.165) is 10.7 Å². The first-order chi connectivity index (χ1) is 10.2. The van der Waals surface area contributed by atoms with Gasteiger partial charge in [0, 0.05) is 11.1 Å². The van der Waals surface area contributed by atoms with E-state index in [1.54, 1.807) is 23.5 Å². The van der Waals surface area contributed by atoms with Gasteiger partial charge in [-0.15, -0.1) is 11.3 Å². The second-order valence-electron chi connectivity index (χ2n) is 4.49. The zero-order valence-corrected chi connectivity index (χ0v) is 12.3. The molecule has 108 valence electrons. The van der Waals surface area contributed by atoms with Crippen LogP contribution in [0.15, 0.2) is 34.2 Å². The normalized spacial score (nSPS) is 10.7. The maximum atomic E-state index is 5.80. The van der Waals surface area contributed by atoms with Crippen molar-refractivity contribution in [1.29, 1.82) is 0 Å². The molecule has 2 heterocycles. The summed E-state index contributed by atoms with van der Waals surface area (Å²) in [6.45, 7) is 2.15. The molecule has 0 saturated heterocycles. The first-order valence-electron chi connectivity index (χ1n) is 6.40. The van der Waals surface area contributed by atoms with Crippen molar-refractivity contribution in [3.05, 3.63) is 52.1 Å². The summed E-state index contributed by atoms with van der Waals surface area (Å²) in [4.78, 5) is 8.65. The summed E-state index contributed by atoms with van der Waals surface area (Å²) in [5, 5.41) is 6.89. The average molecular weight is 302 g/mol. The Morgan fingerprint density at radius 3 is 2.90 bits per heavy atom. The van der Waals surface area contributed by atoms with E-state index in [-0.39, 0.29) is 6.61 Å². The standard InChI is InChI=1S/C14H14N4O2S/c1-9-8-21-14(16-9)6-12-17-13(20-18-12)7-19-11-5-3-2-4-10(11)15/h2-5,8H,6-7,15H2,1H3. The first kappa shape index (κ1) is 13.6. The van der Waals surface area contributed by atoms with Gasteiger partial charge in [0.25, 0.3) is 5.89 Å². The summed E-state index contributed by atoms with van der Waals surface area (Å²) >= 11 is 1.59. The Kier molecular flexibility index (Phi) is 3.83. The van der Waals surface area contributed by atoms with Crippen molar-refractivity contribution in [2.45, 2.75) is 20.0 Å². The molecule has 0 fully saturated rings. The van der Waals surface area contributed by atoms with E-state index in [4.69, 9.17) is 15.0 Å². The second kappa shape index (κ2) is 5.92. The zero-order valence-electron chi connectivity index (χ0n) is 11.4. The van der Waals surface area contributed by atoms with Crippen molar-refractivity contribution in [2.24, 2.45) is 0 Å². The fourth-order valence-corrected chi connectivity index (χ4v) is 2.56. The van der Waals surface area contributed by atoms with Gasteiger partial charge in [0.05, 0.1) is 12.1 Å². The number of benzene rings is 1. The minimum absolute atomic E-state index is 0.193. The molecule has 2 N–H and O–H groups in total. The number of hydrogen-bond donors (Lipinski definition) is 1. The van der Waals surface area contributed by atoms with Crippen LogP contribution in [0.3, 0.4) is 0 Å². The number of nitrogens with zero attached hydrogens (tertiary/aromatic N) is 3. The lowest BCUT2D eigenvalue weighted by molar-refractivity contribution is 0.243. The van der Waals surface area contributed by atoms with Gasteiger partial charge in [0.1, 0.15) is 10.8 Å². The maximum Gasteiger partial charge on any atom is 0.264 e. The van der Waals surface area contributed by atoms with E-state index in [9.17, 15) is 0 Å². The zero-order chi connectivity index (χ0) is 14.7. The average Bonchev–Trinajstić information content (AvgIpc) is 3.08. The Bertz CT molecular complexity index is 738. The molecular formula is C14H14N4O2S. The molecule has 1 aromatic carbocycles. The van der Waals surface area contributed by atoms with Crippen molar-refractivity contribution in [3.8, 4) is 5.75 Å². The van der Waals surface area contributed by atoms with Crippen molar-refractivity contribution < 1.29 is 9.26 Å². The number of aryl methyl sites for hydroxylation is 1. The summed E-state index contributed by atoms with van der Waals surface area (Å²) in [7, 11) is 0. The van der Waals surface area contributed by atoms with E-state index >= 15 is 0 Å². The van der Waals surface area contributed by atoms with Gasteiger partial charge >= 0.3 is 0 Å². The number of thiazole rings is 1. The molecule has 0 unspecified atom stereocenters. The molecule has 0 radical (unpaired) electrons. The van der Waals surface area contributed by atoms with Crippen LogP contribution in [0.1, 0.15) is 22.4 Å². The van der Waals surface area contributed by atoms with Crippen LogP contribution in [-0.4, -0.2) is 15.1 Å². The highest BCUT2D eigenvalue weighted by molar-refractivity contribution is 7.09. The monoisotopic (exact) mass is 302 g/mol. The fourth-order valence-electron chi connectivity index (χ4n) is 1.79. The number of para-hydroxylation sites is 2. The van der Waals surface area contributed by atoms with Gasteiger partial charge in [-0.05, 0) is 19.1 Å². The highest BCUT2D eigenvalue weighted by Crippen LogP contribution is 2.21. The van der Waals surface area contributed by atoms with Gasteiger partial charge in [-0.2, -0.15) is 4.98 Å². The minimum atomic E-state index is 0.193. The molecule has 6 nitrogen and oxygen atoms in total. The molecule has 0 atom stereocenters. The third-order valence-corrected chi connectivity index (χ3v) is 3.72. The number of nitrogens with two attached hydrogens (primary N) is 1. The number of aromatic nitrogens is 3. The van der Waals surface area contributed by atoms with E-state index in [1.165, 1.54) is 0 Å². The third-order valence-electron chi connectivity index (χ3n) is 2.76. The number of hydrogen-bond acceptors (Lipinski definition) is 7. The number of ether oxygens (including phenoxy) is 1. The SMILES string of the molecule is Cc1csc(Cc2noc(COc3ccccc3N)n2)n1. The lowest BCUT2D eigenvalue weighted by Gasteiger charge is -2.05. The number of rotatable bonds is 5. The predicted octanol–water partition coefficient (Wildman–Crippen LogP) is 2.59. The molecule has 0 saturated carbocycles. The van der Waals surface area contributed by atoms with Crippen LogP contribution in [0.5, 0.6) is 5.75 Å². The molecule has 21 heavy (non-hydrogen) atoms. The molecule has 0 aliphatic carbocycles. The van der Waals surface area contributed by atoms with Crippen LogP contribution in [0, 0.1) is 6.92 Å². The van der Waals surface area contributed by atoms with Crippen LogP contribution >= 0.6 is 11.3 Å². The number of anilines is 1. The van der Waals surface area contributed by atoms with Crippen LogP contribution in [0.2, 0.25) is 0 Å². The van der Waals surface area contributed by atoms with E-state index in [2.05, 4.69) is 15.1 Å². The third kappa shape index (κ3) is 3.38. The summed E-state index contributed by atoms with van der Waals surface area (Å²) < 4.78 is 10.7. The molecule has 0 spiro atoms. The van der Waals surface area contributed by atoms with E-state index in [1.807, 2.05) is 24.4 Å². The van der Waals surface area contributed by atoms with Crippen molar-refractivity contribution in [1.82, 2.24) is 15.1 Å². The summed E-state index contributed by atoms with van der Waals surface area (Å²) in [6, 6.07) is 7.28. The smallest absolute Gasteiger partial charge is 0.264 e. The van der Waals surface area contributed by atoms with Gasteiger partial charge in [-0.25, -0.2) is 4.98 Å². The van der Waals surface area contributed by atoms with Gasteiger partial charge in [-0.1, -0.05) is 17.3 Å². The molecule has 3 aromatic rings. The van der Waals surface area contributed by atoms with Gasteiger partial charge in [0.2, 0.25) is 0 Å². The largest absolute Gasteiger partial charge is 0.482 e. The molecule has 7 heteroatoms. The highest BCUT2D eigenvalue weighted by atomic mass is 32.1. The van der Waals surface area contributed by atoms with Crippen LogP contribution in [0.25, 0.3) is 0 Å². The van der Waals surface area contributed by atoms with Gasteiger partial charge < -0.3 is 15.0 Å². The predicted molar refractivity (Wildman–Crippen MR) is 79.1 cm³/mol. The van der Waals surface area contributed by atoms with Crippen LogP contribution < -0.4 is 10.5 Å². The number of nitrogen functional groups attached to an aromatic ring is 1. The van der Waals surface area contributed by atoms with Crippen molar-refractivity contribution in [3.63, 3.8) is 0 Å². The van der Waals surface area contributed by atoms with Gasteiger partial charge in [0.15, 0.2) is 12.4 Å². The summed E-state index contributed by atoms with van der Waals surface area (Å²) in [6.07, 6.45) is 0.565. The molecule has 2 aromatic heterocycles. The molecule has 3 rings (SSSR count). The molecule has 0 bridgehead atoms. The Morgan fingerprint density at radius 1 is 1.29 bits per heavy atom. The van der Waals surface area contributed by atoms with Crippen LogP contribution in [-0.2, 0) is 13.0 Å². The van der Waals surface area contributed by atoms with E-state index in [0.29, 0.717) is 29.6 Å².